The van der Waals surface area contributed by atoms with Gasteiger partial charge in [-0.2, -0.15) is 0 Å². The van der Waals surface area contributed by atoms with E-state index in [4.69, 9.17) is 13.9 Å². The second-order valence-corrected chi connectivity index (χ2v) is 9.01. The Balaban J connectivity index is 1.44. The highest BCUT2D eigenvalue weighted by Gasteiger charge is 2.22. The number of nitrogens with zero attached hydrogens (tertiary/aromatic N) is 3. The van der Waals surface area contributed by atoms with E-state index in [-0.39, 0.29) is 16.9 Å². The van der Waals surface area contributed by atoms with Crippen molar-refractivity contribution in [1.82, 2.24) is 4.90 Å². The lowest BCUT2D eigenvalue weighted by Crippen LogP contribution is -2.44. The Morgan fingerprint density at radius 3 is 2.39 bits per heavy atom. The summed E-state index contributed by atoms with van der Waals surface area (Å²) in [7, 11) is 3.60. The summed E-state index contributed by atoms with van der Waals surface area (Å²) in [5, 5.41) is 2.98. The van der Waals surface area contributed by atoms with Gasteiger partial charge in [0.2, 0.25) is 0 Å². The number of fused-ring (bicyclic) bond motifs is 1. The Labute approximate surface area is 208 Å². The average molecular weight is 497 g/mol. The second kappa shape index (κ2) is 10.2. The fourth-order valence-electron chi connectivity index (χ4n) is 4.56. The number of ether oxygens (including phenoxy) is 2. The van der Waals surface area contributed by atoms with Crippen LogP contribution in [-0.4, -0.2) is 77.4 Å². The molecule has 0 radical (unpaired) electrons. The van der Waals surface area contributed by atoms with Gasteiger partial charge in [-0.05, 0) is 31.3 Å². The molecule has 2 fully saturated rings. The predicted octanol–water partition coefficient (Wildman–Crippen LogP) is 2.78. The molecule has 0 unspecified atom stereocenters. The number of hydrogen-bond acceptors (Lipinski definition) is 8. The molecule has 0 atom stereocenters. The summed E-state index contributed by atoms with van der Waals surface area (Å²) < 4.78 is 31.5. The summed E-state index contributed by atoms with van der Waals surface area (Å²) >= 11 is 0. The molecule has 1 N–H and O–H groups in total. The van der Waals surface area contributed by atoms with Gasteiger partial charge in [0, 0.05) is 57.1 Å². The second-order valence-electron chi connectivity index (χ2n) is 9.01. The fraction of sp³-hybridized carbons (Fsp3) is 0.385. The Morgan fingerprint density at radius 2 is 1.69 bits per heavy atom. The van der Waals surface area contributed by atoms with Crippen molar-refractivity contribution in [3.8, 4) is 5.75 Å². The number of hydrogen-bond donors (Lipinski definition) is 1. The minimum absolute atomic E-state index is 0.147. The van der Waals surface area contributed by atoms with Gasteiger partial charge in [-0.15, -0.1) is 0 Å². The number of anilines is 3. The minimum Gasteiger partial charge on any atom is -0.497 e. The van der Waals surface area contributed by atoms with Crippen LogP contribution >= 0.6 is 0 Å². The number of carbonyl (C=O) groups excluding carboxylic acids is 1. The van der Waals surface area contributed by atoms with Gasteiger partial charge in [-0.3, -0.25) is 9.59 Å². The third-order valence-electron chi connectivity index (χ3n) is 6.64. The van der Waals surface area contributed by atoms with E-state index in [1.54, 1.807) is 25.3 Å². The predicted molar refractivity (Wildman–Crippen MR) is 136 cm³/mol. The molecule has 1 aromatic heterocycles. The van der Waals surface area contributed by atoms with Gasteiger partial charge in [0.15, 0.2) is 16.8 Å². The van der Waals surface area contributed by atoms with Crippen molar-refractivity contribution in [2.45, 2.75) is 0 Å². The maximum atomic E-state index is 14.8. The molecule has 0 saturated carbocycles. The molecule has 3 aromatic rings. The molecule has 36 heavy (non-hydrogen) atoms. The van der Waals surface area contributed by atoms with E-state index in [0.29, 0.717) is 54.4 Å². The van der Waals surface area contributed by atoms with Crippen molar-refractivity contribution in [2.75, 3.05) is 81.8 Å². The lowest BCUT2D eigenvalue weighted by molar-refractivity contribution is 0.0997. The molecule has 1 amide bonds. The molecule has 5 rings (SSSR count). The molecule has 2 aromatic carbocycles. The first-order valence-electron chi connectivity index (χ1n) is 12.0. The van der Waals surface area contributed by atoms with Crippen LogP contribution in [0.3, 0.4) is 0 Å². The minimum atomic E-state index is -0.632. The molecule has 9 nitrogen and oxygen atoms in total. The third-order valence-corrected chi connectivity index (χ3v) is 6.64. The number of rotatable bonds is 5. The van der Waals surface area contributed by atoms with Gasteiger partial charge in [0.25, 0.3) is 5.91 Å². The maximum absolute atomic E-state index is 14.8. The lowest BCUT2D eigenvalue weighted by Gasteiger charge is -2.34. The summed E-state index contributed by atoms with van der Waals surface area (Å²) in [6, 6.07) is 9.11. The molecule has 3 heterocycles. The first-order chi connectivity index (χ1) is 17.4. The molecular weight excluding hydrogens is 467 g/mol. The Morgan fingerprint density at radius 1 is 0.972 bits per heavy atom. The summed E-state index contributed by atoms with van der Waals surface area (Å²) in [5.74, 6) is -0.686. The SMILES string of the molecule is COc1cc(N2CCN(C)CC2)c2oc(C(=O)Nc3ccc(N4CCOCC4)c(F)c3)cc(=O)c2c1. The van der Waals surface area contributed by atoms with Crippen molar-refractivity contribution >= 4 is 33.9 Å². The molecule has 2 aliphatic heterocycles. The normalized spacial score (nSPS) is 16.9. The average Bonchev–Trinajstić information content (AvgIpc) is 2.89. The van der Waals surface area contributed by atoms with Gasteiger partial charge in [0.1, 0.15) is 11.6 Å². The molecule has 10 heteroatoms. The van der Waals surface area contributed by atoms with E-state index in [1.165, 1.54) is 6.07 Å². The summed E-state index contributed by atoms with van der Waals surface area (Å²) in [5.41, 5.74) is 1.40. The van der Waals surface area contributed by atoms with E-state index < -0.39 is 11.7 Å². The van der Waals surface area contributed by atoms with Crippen LogP contribution in [-0.2, 0) is 4.74 Å². The Bertz CT molecular complexity index is 1330. The van der Waals surface area contributed by atoms with Crippen LogP contribution in [0.2, 0.25) is 0 Å². The fourth-order valence-corrected chi connectivity index (χ4v) is 4.56. The molecule has 190 valence electrons. The van der Waals surface area contributed by atoms with E-state index in [0.717, 1.165) is 32.2 Å². The summed E-state index contributed by atoms with van der Waals surface area (Å²) in [6.07, 6.45) is 0. The van der Waals surface area contributed by atoms with Crippen LogP contribution in [0.15, 0.2) is 45.6 Å². The highest BCUT2D eigenvalue weighted by molar-refractivity contribution is 6.03. The first-order valence-corrected chi connectivity index (χ1v) is 12.0. The number of morpholine rings is 1. The number of likely N-dealkylation sites (N-methyl/N-ethyl adjacent to an activating group) is 1. The smallest absolute Gasteiger partial charge is 0.291 e. The van der Waals surface area contributed by atoms with Gasteiger partial charge in [0.05, 0.1) is 37.1 Å². The maximum Gasteiger partial charge on any atom is 0.291 e. The van der Waals surface area contributed by atoms with Gasteiger partial charge in [-0.1, -0.05) is 0 Å². The third kappa shape index (κ3) is 4.87. The van der Waals surface area contributed by atoms with Crippen molar-refractivity contribution in [2.24, 2.45) is 0 Å². The van der Waals surface area contributed by atoms with E-state index >= 15 is 0 Å². The van der Waals surface area contributed by atoms with Crippen LogP contribution in [0.4, 0.5) is 21.5 Å². The van der Waals surface area contributed by atoms with E-state index in [1.807, 2.05) is 11.0 Å². The summed E-state index contributed by atoms with van der Waals surface area (Å²) in [4.78, 5) is 32.3. The molecule has 0 bridgehead atoms. The Hall–Kier alpha value is -3.63. The number of methoxy groups -OCH3 is 1. The highest BCUT2D eigenvalue weighted by Crippen LogP contribution is 2.32. The number of nitrogens with one attached hydrogen (secondary N) is 1. The van der Waals surface area contributed by atoms with Gasteiger partial charge >= 0.3 is 0 Å². The van der Waals surface area contributed by atoms with Crippen LogP contribution in [0.1, 0.15) is 10.6 Å². The molecular formula is C26H29FN4O5. The number of carbonyl (C=O) groups is 1. The highest BCUT2D eigenvalue weighted by atomic mass is 19.1. The van der Waals surface area contributed by atoms with E-state index in [2.05, 4.69) is 22.2 Å². The lowest BCUT2D eigenvalue weighted by atomic mass is 10.1. The first kappa shape index (κ1) is 24.1. The summed E-state index contributed by atoms with van der Waals surface area (Å²) in [6.45, 7) is 5.49. The monoisotopic (exact) mass is 496 g/mol. The number of piperazine rings is 1. The van der Waals surface area contributed by atoms with Crippen LogP contribution in [0.5, 0.6) is 5.75 Å². The van der Waals surface area contributed by atoms with E-state index in [9.17, 15) is 14.0 Å². The van der Waals surface area contributed by atoms with Crippen LogP contribution < -0.4 is 25.3 Å². The molecule has 2 saturated heterocycles. The Kier molecular flexibility index (Phi) is 6.80. The van der Waals surface area contributed by atoms with Crippen molar-refractivity contribution < 1.29 is 23.1 Å². The number of halogens is 1. The standard InChI is InChI=1S/C26H29FN4O5/c1-29-5-7-30(8-6-29)22-15-18(34-2)14-19-23(32)16-24(36-25(19)22)26(33)28-17-3-4-21(20(27)13-17)31-9-11-35-12-10-31/h3-4,13-16H,5-12H2,1-2H3,(H,28,33). The van der Waals surface area contributed by atoms with Gasteiger partial charge in [-0.25, -0.2) is 4.39 Å². The van der Waals surface area contributed by atoms with Crippen molar-refractivity contribution in [3.05, 3.63) is 58.2 Å². The van der Waals surface area contributed by atoms with Crippen LogP contribution in [0.25, 0.3) is 11.0 Å². The van der Waals surface area contributed by atoms with Gasteiger partial charge < -0.3 is 33.9 Å². The van der Waals surface area contributed by atoms with Crippen molar-refractivity contribution in [3.63, 3.8) is 0 Å². The molecule has 0 spiro atoms. The quantitative estimate of drug-likeness (QED) is 0.577. The zero-order valence-electron chi connectivity index (χ0n) is 20.4. The molecule has 2 aliphatic rings. The largest absolute Gasteiger partial charge is 0.497 e. The topological polar surface area (TPSA) is 87.5 Å². The van der Waals surface area contributed by atoms with Crippen molar-refractivity contribution in [1.29, 1.82) is 0 Å². The number of amides is 1. The number of benzene rings is 2. The zero-order chi connectivity index (χ0) is 25.2. The zero-order valence-corrected chi connectivity index (χ0v) is 20.4. The molecule has 0 aliphatic carbocycles. The van der Waals surface area contributed by atoms with Crippen LogP contribution in [0, 0.1) is 5.82 Å².